The summed E-state index contributed by atoms with van der Waals surface area (Å²) >= 11 is 0. The lowest BCUT2D eigenvalue weighted by Gasteiger charge is -2.32. The Morgan fingerprint density at radius 2 is 1.76 bits per heavy atom. The van der Waals surface area contributed by atoms with Crippen molar-refractivity contribution >= 4 is 11.9 Å². The van der Waals surface area contributed by atoms with Gasteiger partial charge < -0.3 is 20.1 Å². The number of dihydropyridines is 1. The first-order valence-electron chi connectivity index (χ1n) is 9.37. The van der Waals surface area contributed by atoms with E-state index in [1.807, 2.05) is 0 Å². The molecular formula is C21H26F2N2O4. The SMILES string of the molecule is CCOC(=O)C1=C(C)NC(C)=C(C(=O)NC(C)C)C1c1ccccc1OC(F)F. The van der Waals surface area contributed by atoms with Crippen molar-refractivity contribution in [2.45, 2.75) is 53.2 Å². The van der Waals surface area contributed by atoms with Crippen molar-refractivity contribution in [3.8, 4) is 5.75 Å². The second-order valence-corrected chi connectivity index (χ2v) is 6.90. The third-order valence-corrected chi connectivity index (χ3v) is 4.37. The van der Waals surface area contributed by atoms with Gasteiger partial charge in [-0.3, -0.25) is 4.79 Å². The molecule has 0 aliphatic carbocycles. The number of rotatable bonds is 7. The molecule has 1 aliphatic heterocycles. The summed E-state index contributed by atoms with van der Waals surface area (Å²) in [6.07, 6.45) is 0. The number of hydrogen-bond acceptors (Lipinski definition) is 5. The largest absolute Gasteiger partial charge is 0.463 e. The summed E-state index contributed by atoms with van der Waals surface area (Å²) in [7, 11) is 0. The van der Waals surface area contributed by atoms with Crippen LogP contribution in [0.3, 0.4) is 0 Å². The molecular weight excluding hydrogens is 382 g/mol. The standard InChI is InChI=1S/C21H26F2N2O4/c1-6-28-20(27)17-13(5)25-12(4)16(19(26)24-11(2)3)18(17)14-9-7-8-10-15(14)29-21(22)23/h7-11,18,21,25H,6H2,1-5H3,(H,24,26). The number of carbonyl (C=O) groups is 2. The minimum atomic E-state index is -3.05. The van der Waals surface area contributed by atoms with Crippen molar-refractivity contribution in [3.63, 3.8) is 0 Å². The van der Waals surface area contributed by atoms with Gasteiger partial charge in [-0.15, -0.1) is 0 Å². The first-order chi connectivity index (χ1) is 13.7. The number of alkyl halides is 2. The molecule has 1 aromatic carbocycles. The van der Waals surface area contributed by atoms with Crippen LogP contribution in [0.1, 0.15) is 46.1 Å². The fourth-order valence-corrected chi connectivity index (χ4v) is 3.35. The van der Waals surface area contributed by atoms with Crippen molar-refractivity contribution < 1.29 is 27.8 Å². The molecule has 6 nitrogen and oxygen atoms in total. The molecule has 0 radical (unpaired) electrons. The number of halogens is 2. The van der Waals surface area contributed by atoms with Crippen molar-refractivity contribution in [2.75, 3.05) is 6.61 Å². The Labute approximate surface area is 169 Å². The minimum absolute atomic E-state index is 0.105. The quantitative estimate of drug-likeness (QED) is 0.674. The molecule has 2 rings (SSSR count). The molecule has 1 amide bonds. The molecule has 0 aromatic heterocycles. The van der Waals surface area contributed by atoms with Crippen molar-refractivity contribution in [2.24, 2.45) is 0 Å². The number of para-hydroxylation sites is 1. The van der Waals surface area contributed by atoms with Crippen LogP contribution in [0.2, 0.25) is 0 Å². The lowest BCUT2D eigenvalue weighted by atomic mass is 9.79. The summed E-state index contributed by atoms with van der Waals surface area (Å²) in [5, 5.41) is 5.85. The van der Waals surface area contributed by atoms with Crippen LogP contribution in [0.15, 0.2) is 46.8 Å². The Morgan fingerprint density at radius 1 is 1.14 bits per heavy atom. The van der Waals surface area contributed by atoms with E-state index in [2.05, 4.69) is 15.4 Å². The van der Waals surface area contributed by atoms with Gasteiger partial charge in [0.25, 0.3) is 0 Å². The number of allylic oxidation sites excluding steroid dienone is 2. The van der Waals surface area contributed by atoms with E-state index in [1.54, 1.807) is 52.8 Å². The van der Waals surface area contributed by atoms with Crippen molar-refractivity contribution in [1.29, 1.82) is 0 Å². The summed E-state index contributed by atoms with van der Waals surface area (Å²) in [5.41, 5.74) is 1.71. The highest BCUT2D eigenvalue weighted by atomic mass is 19.3. The monoisotopic (exact) mass is 408 g/mol. The summed E-state index contributed by atoms with van der Waals surface area (Å²) in [4.78, 5) is 25.8. The van der Waals surface area contributed by atoms with Crippen LogP contribution in [0.25, 0.3) is 0 Å². The van der Waals surface area contributed by atoms with Crippen LogP contribution in [0, 0.1) is 0 Å². The van der Waals surface area contributed by atoms with Gasteiger partial charge in [-0.05, 0) is 40.7 Å². The summed E-state index contributed by atoms with van der Waals surface area (Å²) in [5.74, 6) is -2.07. The molecule has 1 aromatic rings. The number of carbonyl (C=O) groups excluding carboxylic acids is 2. The highest BCUT2D eigenvalue weighted by molar-refractivity contribution is 6.02. The first-order valence-corrected chi connectivity index (χ1v) is 9.37. The molecule has 0 saturated heterocycles. The Morgan fingerprint density at radius 3 is 2.34 bits per heavy atom. The first kappa shape index (κ1) is 22.4. The van der Waals surface area contributed by atoms with Gasteiger partial charge in [0.15, 0.2) is 0 Å². The molecule has 1 heterocycles. The predicted octanol–water partition coefficient (Wildman–Crippen LogP) is 3.61. The van der Waals surface area contributed by atoms with Crippen LogP contribution in [0.5, 0.6) is 5.75 Å². The molecule has 0 saturated carbocycles. The van der Waals surface area contributed by atoms with Gasteiger partial charge in [0.1, 0.15) is 5.75 Å². The Bertz CT molecular complexity index is 847. The number of ether oxygens (including phenoxy) is 2. The molecule has 0 fully saturated rings. The third-order valence-electron chi connectivity index (χ3n) is 4.37. The molecule has 1 unspecified atom stereocenters. The molecule has 1 aliphatic rings. The van der Waals surface area contributed by atoms with E-state index < -0.39 is 24.4 Å². The maximum absolute atomic E-state index is 13.0. The molecule has 1 atom stereocenters. The Kier molecular flexibility index (Phi) is 7.36. The van der Waals surface area contributed by atoms with Gasteiger partial charge in [0, 0.05) is 28.6 Å². The van der Waals surface area contributed by atoms with Gasteiger partial charge >= 0.3 is 12.6 Å². The van der Waals surface area contributed by atoms with E-state index >= 15 is 0 Å². The number of esters is 1. The fourth-order valence-electron chi connectivity index (χ4n) is 3.35. The van der Waals surface area contributed by atoms with E-state index in [9.17, 15) is 18.4 Å². The Hall–Kier alpha value is -2.90. The summed E-state index contributed by atoms with van der Waals surface area (Å²) < 4.78 is 35.9. The average molecular weight is 408 g/mol. The molecule has 158 valence electrons. The van der Waals surface area contributed by atoms with Gasteiger partial charge in [0.2, 0.25) is 5.91 Å². The Balaban J connectivity index is 2.70. The van der Waals surface area contributed by atoms with Gasteiger partial charge in [-0.2, -0.15) is 8.78 Å². The van der Waals surface area contributed by atoms with Crippen LogP contribution in [-0.4, -0.2) is 31.1 Å². The van der Waals surface area contributed by atoms with Crippen LogP contribution in [-0.2, 0) is 14.3 Å². The van der Waals surface area contributed by atoms with Crippen LogP contribution in [0.4, 0.5) is 8.78 Å². The topological polar surface area (TPSA) is 76.7 Å². The molecule has 2 N–H and O–H groups in total. The number of hydrogen-bond donors (Lipinski definition) is 2. The second kappa shape index (κ2) is 9.54. The van der Waals surface area contributed by atoms with E-state index in [1.165, 1.54) is 6.07 Å². The normalized spacial score (nSPS) is 16.8. The zero-order valence-electron chi connectivity index (χ0n) is 17.1. The third kappa shape index (κ3) is 5.13. The number of benzene rings is 1. The van der Waals surface area contributed by atoms with E-state index in [-0.39, 0.29) is 35.1 Å². The number of nitrogens with one attached hydrogen (secondary N) is 2. The smallest absolute Gasteiger partial charge is 0.387 e. The molecule has 0 spiro atoms. The van der Waals surface area contributed by atoms with Crippen LogP contribution >= 0.6 is 0 Å². The van der Waals surface area contributed by atoms with Crippen molar-refractivity contribution in [3.05, 3.63) is 52.4 Å². The zero-order chi connectivity index (χ0) is 21.7. The van der Waals surface area contributed by atoms with E-state index in [0.29, 0.717) is 11.4 Å². The van der Waals surface area contributed by atoms with Crippen molar-refractivity contribution in [1.82, 2.24) is 10.6 Å². The lowest BCUT2D eigenvalue weighted by molar-refractivity contribution is -0.138. The van der Waals surface area contributed by atoms with E-state index in [0.717, 1.165) is 0 Å². The summed E-state index contributed by atoms with van der Waals surface area (Å²) in [6, 6.07) is 5.98. The number of amides is 1. The minimum Gasteiger partial charge on any atom is -0.463 e. The molecule has 8 heteroatoms. The van der Waals surface area contributed by atoms with Gasteiger partial charge in [0.05, 0.1) is 18.1 Å². The maximum atomic E-state index is 13.0. The highest BCUT2D eigenvalue weighted by Crippen LogP contribution is 2.42. The average Bonchev–Trinajstić information content (AvgIpc) is 2.60. The van der Waals surface area contributed by atoms with Gasteiger partial charge in [-0.1, -0.05) is 18.2 Å². The lowest BCUT2D eigenvalue weighted by Crippen LogP contribution is -2.39. The highest BCUT2D eigenvalue weighted by Gasteiger charge is 2.38. The predicted molar refractivity (Wildman–Crippen MR) is 104 cm³/mol. The van der Waals surface area contributed by atoms with Crippen LogP contribution < -0.4 is 15.4 Å². The molecule has 29 heavy (non-hydrogen) atoms. The van der Waals surface area contributed by atoms with Gasteiger partial charge in [-0.25, -0.2) is 4.79 Å². The molecule has 0 bridgehead atoms. The maximum Gasteiger partial charge on any atom is 0.387 e. The van der Waals surface area contributed by atoms with E-state index in [4.69, 9.17) is 4.74 Å². The summed E-state index contributed by atoms with van der Waals surface area (Å²) in [6.45, 7) is 5.74. The fraction of sp³-hybridized carbons (Fsp3) is 0.429. The second-order valence-electron chi connectivity index (χ2n) is 6.90. The zero-order valence-corrected chi connectivity index (χ0v) is 17.1.